The van der Waals surface area contributed by atoms with Crippen molar-refractivity contribution in [2.24, 2.45) is 5.73 Å². The summed E-state index contributed by atoms with van der Waals surface area (Å²) in [6.07, 6.45) is 1.34. The summed E-state index contributed by atoms with van der Waals surface area (Å²) in [6.45, 7) is 0.412. The summed E-state index contributed by atoms with van der Waals surface area (Å²) in [4.78, 5) is 16.6. The predicted molar refractivity (Wildman–Crippen MR) is 87.4 cm³/mol. The maximum atomic E-state index is 12.2. The number of nitrogens with zero attached hydrogens (tertiary/aromatic N) is 2. The lowest BCUT2D eigenvalue weighted by Gasteiger charge is -2.12. The van der Waals surface area contributed by atoms with E-state index in [1.165, 1.54) is 6.20 Å². The van der Waals surface area contributed by atoms with E-state index in [1.807, 2.05) is 48.5 Å². The lowest BCUT2D eigenvalue weighted by Crippen LogP contribution is -2.23. The van der Waals surface area contributed by atoms with Crippen LogP contribution in [0.1, 0.15) is 11.1 Å². The van der Waals surface area contributed by atoms with Gasteiger partial charge in [0.15, 0.2) is 0 Å². The zero-order chi connectivity index (χ0) is 14.8. The molecule has 0 aliphatic rings. The Kier molecular flexibility index (Phi) is 3.50. The second-order valence-electron chi connectivity index (χ2n) is 4.69. The topological polar surface area (TPSA) is 60.9 Å². The Balaban J connectivity index is 2.17. The van der Waals surface area contributed by atoms with Crippen LogP contribution in [0.4, 0.5) is 0 Å². The van der Waals surface area contributed by atoms with Gasteiger partial charge in [-0.1, -0.05) is 48.6 Å². The molecule has 0 unspecified atom stereocenters. The van der Waals surface area contributed by atoms with Crippen molar-refractivity contribution in [3.63, 3.8) is 0 Å². The molecule has 0 spiro atoms. The van der Waals surface area contributed by atoms with E-state index in [-0.39, 0.29) is 5.56 Å². The highest BCUT2D eigenvalue weighted by Gasteiger charge is 2.08. The zero-order valence-corrected chi connectivity index (χ0v) is 12.0. The van der Waals surface area contributed by atoms with Crippen LogP contribution in [-0.2, 0) is 6.54 Å². The van der Waals surface area contributed by atoms with Gasteiger partial charge >= 0.3 is 0 Å². The van der Waals surface area contributed by atoms with Gasteiger partial charge in [-0.3, -0.25) is 4.79 Å². The van der Waals surface area contributed by atoms with Gasteiger partial charge in [0, 0.05) is 5.56 Å². The number of hydrogen-bond donors (Lipinski definition) is 1. The van der Waals surface area contributed by atoms with Crippen LogP contribution in [0.2, 0.25) is 0 Å². The van der Waals surface area contributed by atoms with Crippen LogP contribution < -0.4 is 11.3 Å². The molecule has 21 heavy (non-hydrogen) atoms. The molecular formula is C16H13N3OS. The molecule has 1 aromatic heterocycles. The van der Waals surface area contributed by atoms with E-state index in [4.69, 9.17) is 18.0 Å². The number of thiocarbonyl (C=S) groups is 1. The minimum Gasteiger partial charge on any atom is -0.389 e. The third-order valence-electron chi connectivity index (χ3n) is 3.36. The fourth-order valence-corrected chi connectivity index (χ4v) is 2.55. The average Bonchev–Trinajstić information content (AvgIpc) is 2.50. The largest absolute Gasteiger partial charge is 0.389 e. The fourth-order valence-electron chi connectivity index (χ4n) is 2.35. The molecule has 0 saturated heterocycles. The van der Waals surface area contributed by atoms with Crippen LogP contribution in [0, 0.1) is 0 Å². The van der Waals surface area contributed by atoms with E-state index < -0.39 is 0 Å². The van der Waals surface area contributed by atoms with Crippen molar-refractivity contribution < 1.29 is 0 Å². The summed E-state index contributed by atoms with van der Waals surface area (Å²) in [7, 11) is 0. The number of rotatable bonds is 3. The van der Waals surface area contributed by atoms with Crippen LogP contribution in [0.25, 0.3) is 11.0 Å². The molecule has 4 nitrogen and oxygen atoms in total. The van der Waals surface area contributed by atoms with Crippen LogP contribution in [0.15, 0.2) is 59.5 Å². The summed E-state index contributed by atoms with van der Waals surface area (Å²) in [5.74, 6) is 0. The molecule has 3 aromatic rings. The summed E-state index contributed by atoms with van der Waals surface area (Å²) in [5, 5.41) is 0. The monoisotopic (exact) mass is 295 g/mol. The minimum absolute atomic E-state index is 0.147. The molecule has 0 bridgehead atoms. The second-order valence-corrected chi connectivity index (χ2v) is 5.13. The van der Waals surface area contributed by atoms with E-state index in [0.29, 0.717) is 11.5 Å². The normalized spacial score (nSPS) is 10.7. The van der Waals surface area contributed by atoms with Gasteiger partial charge in [0.05, 0.1) is 23.8 Å². The maximum absolute atomic E-state index is 12.2. The SMILES string of the molecule is NC(=S)c1ccccc1Cn1c(=O)cnc2ccccc21. The highest BCUT2D eigenvalue weighted by Crippen LogP contribution is 2.14. The van der Waals surface area contributed by atoms with Crippen LogP contribution >= 0.6 is 12.2 Å². The number of aromatic nitrogens is 2. The van der Waals surface area contributed by atoms with E-state index >= 15 is 0 Å². The Morgan fingerprint density at radius 1 is 1.14 bits per heavy atom. The lowest BCUT2D eigenvalue weighted by molar-refractivity contribution is 0.786. The quantitative estimate of drug-likeness (QED) is 0.752. The zero-order valence-electron chi connectivity index (χ0n) is 11.2. The van der Waals surface area contributed by atoms with Gasteiger partial charge < -0.3 is 10.3 Å². The van der Waals surface area contributed by atoms with Crippen molar-refractivity contribution in [3.8, 4) is 0 Å². The Bertz CT molecular complexity index is 886. The molecule has 0 amide bonds. The maximum Gasteiger partial charge on any atom is 0.269 e. The van der Waals surface area contributed by atoms with E-state index in [2.05, 4.69) is 4.98 Å². The molecule has 5 heteroatoms. The second kappa shape index (κ2) is 5.46. The molecule has 0 aliphatic heterocycles. The molecule has 0 radical (unpaired) electrons. The van der Waals surface area contributed by atoms with Gasteiger partial charge in [0.2, 0.25) is 0 Å². The minimum atomic E-state index is -0.147. The molecule has 0 aliphatic carbocycles. The Labute approximate surface area is 126 Å². The highest BCUT2D eigenvalue weighted by molar-refractivity contribution is 7.80. The molecule has 2 aromatic carbocycles. The van der Waals surface area contributed by atoms with Gasteiger partial charge in [0.1, 0.15) is 4.99 Å². The first-order chi connectivity index (χ1) is 10.2. The highest BCUT2D eigenvalue weighted by atomic mass is 32.1. The molecule has 0 saturated carbocycles. The molecule has 2 N–H and O–H groups in total. The Hall–Kier alpha value is -2.53. The summed E-state index contributed by atoms with van der Waals surface area (Å²) in [5.41, 5.74) is 8.89. The number of hydrogen-bond acceptors (Lipinski definition) is 3. The number of nitrogens with two attached hydrogens (primary N) is 1. The van der Waals surface area contributed by atoms with Gasteiger partial charge in [-0.05, 0) is 17.7 Å². The summed E-state index contributed by atoms with van der Waals surface area (Å²) in [6, 6.07) is 15.1. The van der Waals surface area contributed by atoms with Crippen molar-refractivity contribution >= 4 is 28.2 Å². The first-order valence-electron chi connectivity index (χ1n) is 6.49. The van der Waals surface area contributed by atoms with Crippen LogP contribution in [0.3, 0.4) is 0 Å². The summed E-state index contributed by atoms with van der Waals surface area (Å²) < 4.78 is 1.68. The molecule has 104 valence electrons. The molecule has 0 atom stereocenters. The third-order valence-corrected chi connectivity index (χ3v) is 3.58. The van der Waals surface area contributed by atoms with Gasteiger partial charge in [-0.15, -0.1) is 0 Å². The predicted octanol–water partition coefficient (Wildman–Crippen LogP) is 2.08. The van der Waals surface area contributed by atoms with Crippen molar-refractivity contribution in [2.45, 2.75) is 6.54 Å². The van der Waals surface area contributed by atoms with Crippen molar-refractivity contribution in [3.05, 3.63) is 76.2 Å². The number of fused-ring (bicyclic) bond motifs is 1. The Morgan fingerprint density at radius 3 is 2.67 bits per heavy atom. The number of para-hydroxylation sites is 2. The van der Waals surface area contributed by atoms with E-state index in [0.717, 1.165) is 22.2 Å². The standard InChI is InChI=1S/C16H13N3OS/c17-16(21)12-6-2-1-5-11(12)10-19-14-8-4-3-7-13(14)18-9-15(19)20/h1-9H,10H2,(H2,17,21). The first kappa shape index (κ1) is 13.5. The molecule has 1 heterocycles. The van der Waals surface area contributed by atoms with Gasteiger partial charge in [-0.2, -0.15) is 0 Å². The molecular weight excluding hydrogens is 282 g/mol. The number of benzene rings is 2. The van der Waals surface area contributed by atoms with Crippen molar-refractivity contribution in [2.75, 3.05) is 0 Å². The van der Waals surface area contributed by atoms with Crippen molar-refractivity contribution in [1.29, 1.82) is 0 Å². The fraction of sp³-hybridized carbons (Fsp3) is 0.0625. The van der Waals surface area contributed by atoms with Gasteiger partial charge in [0.25, 0.3) is 5.56 Å². The smallest absolute Gasteiger partial charge is 0.269 e. The third kappa shape index (κ3) is 2.55. The lowest BCUT2D eigenvalue weighted by atomic mass is 10.1. The van der Waals surface area contributed by atoms with E-state index in [1.54, 1.807) is 4.57 Å². The van der Waals surface area contributed by atoms with Crippen LogP contribution in [-0.4, -0.2) is 14.5 Å². The summed E-state index contributed by atoms with van der Waals surface area (Å²) >= 11 is 5.07. The van der Waals surface area contributed by atoms with Crippen LogP contribution in [0.5, 0.6) is 0 Å². The van der Waals surface area contributed by atoms with Crippen molar-refractivity contribution in [1.82, 2.24) is 9.55 Å². The molecule has 3 rings (SSSR count). The average molecular weight is 295 g/mol. The molecule has 0 fully saturated rings. The van der Waals surface area contributed by atoms with Gasteiger partial charge in [-0.25, -0.2) is 4.98 Å². The van der Waals surface area contributed by atoms with E-state index in [9.17, 15) is 4.79 Å². The Morgan fingerprint density at radius 2 is 1.86 bits per heavy atom. The first-order valence-corrected chi connectivity index (χ1v) is 6.90.